The third kappa shape index (κ3) is 5.71. The number of benzene rings is 1. The summed E-state index contributed by atoms with van der Waals surface area (Å²) in [4.78, 5) is 34.8. The van der Waals surface area contributed by atoms with E-state index in [2.05, 4.69) is 16.0 Å². The third-order valence-electron chi connectivity index (χ3n) is 3.36. The van der Waals surface area contributed by atoms with E-state index in [9.17, 15) is 14.4 Å². The first-order valence-corrected chi connectivity index (χ1v) is 7.42. The zero-order valence-corrected chi connectivity index (χ0v) is 13.9. The van der Waals surface area contributed by atoms with E-state index in [1.165, 1.54) is 6.92 Å². The molecule has 0 fully saturated rings. The van der Waals surface area contributed by atoms with E-state index in [1.54, 1.807) is 25.1 Å². The lowest BCUT2D eigenvalue weighted by Crippen LogP contribution is -2.46. The molecule has 0 aliphatic heterocycles. The molecule has 0 heterocycles. The average molecular weight is 320 g/mol. The lowest BCUT2D eigenvalue weighted by Gasteiger charge is -2.16. The molecule has 0 unspecified atom stereocenters. The van der Waals surface area contributed by atoms with Crippen LogP contribution in [0.25, 0.3) is 0 Å². The van der Waals surface area contributed by atoms with Gasteiger partial charge < -0.3 is 21.7 Å². The summed E-state index contributed by atoms with van der Waals surface area (Å²) in [6.45, 7) is 6.71. The number of anilines is 2. The Balaban J connectivity index is 2.64. The summed E-state index contributed by atoms with van der Waals surface area (Å²) >= 11 is 0. The van der Waals surface area contributed by atoms with Crippen molar-refractivity contribution in [3.8, 4) is 0 Å². The molecule has 23 heavy (non-hydrogen) atoms. The molecule has 0 bridgehead atoms. The summed E-state index contributed by atoms with van der Waals surface area (Å²) in [7, 11) is 0. The molecular weight excluding hydrogens is 296 g/mol. The maximum Gasteiger partial charge on any atom is 0.243 e. The van der Waals surface area contributed by atoms with Crippen molar-refractivity contribution in [2.24, 2.45) is 11.7 Å². The Morgan fingerprint density at radius 2 is 1.70 bits per heavy atom. The first-order valence-electron chi connectivity index (χ1n) is 7.42. The van der Waals surface area contributed by atoms with Gasteiger partial charge in [-0.15, -0.1) is 0 Å². The minimum atomic E-state index is -0.646. The summed E-state index contributed by atoms with van der Waals surface area (Å²) in [5, 5.41) is 7.89. The standard InChI is InChI=1S/C16H24N4O3/c1-9(2)15(17)16(23)18-8-14(22)20-13-7-5-6-12(10(13)3)19-11(4)21/h5-7,9,15H,8,17H2,1-4H3,(H,18,23)(H,19,21)(H,20,22)/t15-/m0/s1. The minimum Gasteiger partial charge on any atom is -0.346 e. The van der Waals surface area contributed by atoms with Gasteiger partial charge >= 0.3 is 0 Å². The summed E-state index contributed by atoms with van der Waals surface area (Å²) < 4.78 is 0. The fourth-order valence-corrected chi connectivity index (χ4v) is 1.88. The second-order valence-corrected chi connectivity index (χ2v) is 5.70. The fourth-order valence-electron chi connectivity index (χ4n) is 1.88. The van der Waals surface area contributed by atoms with Crippen LogP contribution >= 0.6 is 0 Å². The minimum absolute atomic E-state index is 0.00496. The van der Waals surface area contributed by atoms with Gasteiger partial charge in [0.25, 0.3) is 0 Å². The SMILES string of the molecule is CC(=O)Nc1cccc(NC(=O)CNC(=O)[C@@H](N)C(C)C)c1C. The molecule has 0 saturated carbocycles. The van der Waals surface area contributed by atoms with E-state index in [0.717, 1.165) is 5.56 Å². The molecule has 0 aromatic heterocycles. The first-order chi connectivity index (χ1) is 10.7. The molecule has 7 nitrogen and oxygen atoms in total. The molecule has 0 aliphatic carbocycles. The number of nitrogens with one attached hydrogen (secondary N) is 3. The van der Waals surface area contributed by atoms with Crippen LogP contribution in [0.1, 0.15) is 26.3 Å². The van der Waals surface area contributed by atoms with Crippen LogP contribution in [0.15, 0.2) is 18.2 Å². The predicted molar refractivity (Wildman–Crippen MR) is 89.9 cm³/mol. The van der Waals surface area contributed by atoms with Gasteiger partial charge in [0.05, 0.1) is 12.6 Å². The van der Waals surface area contributed by atoms with Crippen LogP contribution in [0.4, 0.5) is 11.4 Å². The summed E-state index contributed by atoms with van der Waals surface area (Å²) in [6, 6.07) is 4.55. The molecule has 0 radical (unpaired) electrons. The number of carbonyl (C=O) groups excluding carboxylic acids is 3. The molecule has 5 N–H and O–H groups in total. The van der Waals surface area contributed by atoms with Gasteiger partial charge in [-0.05, 0) is 30.5 Å². The van der Waals surface area contributed by atoms with Crippen LogP contribution in [0.5, 0.6) is 0 Å². The number of rotatable bonds is 6. The molecular formula is C16H24N4O3. The van der Waals surface area contributed by atoms with Crippen LogP contribution in [0.3, 0.4) is 0 Å². The first kappa shape index (κ1) is 18.6. The van der Waals surface area contributed by atoms with Gasteiger partial charge in [0.1, 0.15) is 0 Å². The van der Waals surface area contributed by atoms with Gasteiger partial charge in [0.2, 0.25) is 17.7 Å². The predicted octanol–water partition coefficient (Wildman–Crippen LogP) is 0.991. The maximum absolute atomic E-state index is 11.9. The van der Waals surface area contributed by atoms with E-state index < -0.39 is 6.04 Å². The Morgan fingerprint density at radius 1 is 1.13 bits per heavy atom. The highest BCUT2D eigenvalue weighted by atomic mass is 16.2. The van der Waals surface area contributed by atoms with Crippen molar-refractivity contribution >= 4 is 29.1 Å². The molecule has 1 rings (SSSR count). The van der Waals surface area contributed by atoms with E-state index in [-0.39, 0.29) is 30.2 Å². The molecule has 3 amide bonds. The Hall–Kier alpha value is -2.41. The third-order valence-corrected chi connectivity index (χ3v) is 3.36. The highest BCUT2D eigenvalue weighted by Crippen LogP contribution is 2.23. The summed E-state index contributed by atoms with van der Waals surface area (Å²) in [5.41, 5.74) is 7.64. The molecule has 1 atom stereocenters. The van der Waals surface area contributed by atoms with E-state index in [0.29, 0.717) is 11.4 Å². The van der Waals surface area contributed by atoms with E-state index >= 15 is 0 Å². The molecule has 0 spiro atoms. The Kier molecular flexibility index (Phi) is 6.71. The Labute approximate surface area is 136 Å². The highest BCUT2D eigenvalue weighted by Gasteiger charge is 2.17. The summed E-state index contributed by atoms with van der Waals surface area (Å²) in [6.07, 6.45) is 0. The van der Waals surface area contributed by atoms with Crippen LogP contribution in [-0.4, -0.2) is 30.3 Å². The molecule has 126 valence electrons. The second-order valence-electron chi connectivity index (χ2n) is 5.70. The van der Waals surface area contributed by atoms with Crippen LogP contribution in [0.2, 0.25) is 0 Å². The lowest BCUT2D eigenvalue weighted by molar-refractivity contribution is -0.125. The number of nitrogens with two attached hydrogens (primary N) is 1. The van der Waals surface area contributed by atoms with E-state index in [1.807, 2.05) is 13.8 Å². The van der Waals surface area contributed by atoms with Gasteiger partial charge in [0, 0.05) is 18.3 Å². The number of hydrogen-bond acceptors (Lipinski definition) is 4. The van der Waals surface area contributed by atoms with Crippen molar-refractivity contribution in [1.82, 2.24) is 5.32 Å². The van der Waals surface area contributed by atoms with E-state index in [4.69, 9.17) is 5.73 Å². The van der Waals surface area contributed by atoms with Gasteiger partial charge in [0.15, 0.2) is 0 Å². The summed E-state index contributed by atoms with van der Waals surface area (Å²) in [5.74, 6) is -0.919. The molecule has 1 aromatic rings. The van der Waals surface area contributed by atoms with Crippen LogP contribution in [-0.2, 0) is 14.4 Å². The lowest BCUT2D eigenvalue weighted by atomic mass is 10.1. The van der Waals surface area contributed by atoms with Crippen molar-refractivity contribution in [3.05, 3.63) is 23.8 Å². The van der Waals surface area contributed by atoms with Crippen molar-refractivity contribution < 1.29 is 14.4 Å². The smallest absolute Gasteiger partial charge is 0.243 e. The quantitative estimate of drug-likeness (QED) is 0.626. The van der Waals surface area contributed by atoms with Crippen LogP contribution < -0.4 is 21.7 Å². The largest absolute Gasteiger partial charge is 0.346 e. The molecule has 0 aliphatic rings. The van der Waals surface area contributed by atoms with Gasteiger partial charge in [-0.2, -0.15) is 0 Å². The molecule has 0 saturated heterocycles. The highest BCUT2D eigenvalue weighted by molar-refractivity contribution is 5.97. The Bertz CT molecular complexity index is 599. The number of amides is 3. The monoisotopic (exact) mass is 320 g/mol. The van der Waals surface area contributed by atoms with Crippen LogP contribution in [0, 0.1) is 12.8 Å². The van der Waals surface area contributed by atoms with Crippen molar-refractivity contribution in [1.29, 1.82) is 0 Å². The topological polar surface area (TPSA) is 113 Å². The number of hydrogen-bond donors (Lipinski definition) is 4. The molecule has 7 heteroatoms. The molecule has 1 aromatic carbocycles. The van der Waals surface area contributed by atoms with Crippen molar-refractivity contribution in [3.63, 3.8) is 0 Å². The van der Waals surface area contributed by atoms with Gasteiger partial charge in [-0.25, -0.2) is 0 Å². The zero-order chi connectivity index (χ0) is 17.6. The second kappa shape index (κ2) is 8.28. The fraction of sp³-hybridized carbons (Fsp3) is 0.438. The van der Waals surface area contributed by atoms with Crippen molar-refractivity contribution in [2.45, 2.75) is 33.7 Å². The Morgan fingerprint density at radius 3 is 2.22 bits per heavy atom. The average Bonchev–Trinajstić information content (AvgIpc) is 2.47. The van der Waals surface area contributed by atoms with Gasteiger partial charge in [-0.3, -0.25) is 14.4 Å². The zero-order valence-electron chi connectivity index (χ0n) is 13.9. The maximum atomic E-state index is 11.9. The number of carbonyl (C=O) groups is 3. The van der Waals surface area contributed by atoms with Gasteiger partial charge in [-0.1, -0.05) is 19.9 Å². The van der Waals surface area contributed by atoms with Crippen molar-refractivity contribution in [2.75, 3.05) is 17.2 Å². The normalized spacial score (nSPS) is 11.7.